The summed E-state index contributed by atoms with van der Waals surface area (Å²) in [7, 11) is -5.93. The second-order valence-electron chi connectivity index (χ2n) is 1.88. The van der Waals surface area contributed by atoms with E-state index < -0.39 is 28.2 Å². The van der Waals surface area contributed by atoms with E-state index in [2.05, 4.69) is 4.18 Å². The van der Waals surface area contributed by atoms with Gasteiger partial charge in [-0.2, -0.15) is 30.4 Å². The molecule has 0 heterocycles. The maximum atomic E-state index is 12.1. The molecule has 9 heteroatoms. The van der Waals surface area contributed by atoms with Gasteiger partial charge < -0.3 is 0 Å². The number of halogens is 5. The Morgan fingerprint density at radius 1 is 1.15 bits per heavy atom. The summed E-state index contributed by atoms with van der Waals surface area (Å²) in [6, 6.07) is 0. The lowest BCUT2D eigenvalue weighted by Crippen LogP contribution is -2.44. The Labute approximate surface area is 70.6 Å². The number of alkyl halides is 5. The van der Waals surface area contributed by atoms with Gasteiger partial charge in [0.05, 0.1) is 6.61 Å². The minimum absolute atomic E-state index is 0.784. The lowest BCUT2D eigenvalue weighted by Gasteiger charge is -2.18. The van der Waals surface area contributed by atoms with Gasteiger partial charge in [-0.15, -0.1) is 0 Å². The normalized spacial score (nSPS) is 14.6. The summed E-state index contributed by atoms with van der Waals surface area (Å²) >= 11 is 0. The van der Waals surface area contributed by atoms with Crippen molar-refractivity contribution in [3.05, 3.63) is 0 Å². The highest BCUT2D eigenvalue weighted by Crippen LogP contribution is 2.40. The summed E-state index contributed by atoms with van der Waals surface area (Å²) < 4.78 is 82.2. The Kier molecular flexibility index (Phi) is 3.26. The molecule has 13 heavy (non-hydrogen) atoms. The van der Waals surface area contributed by atoms with Gasteiger partial charge in [0.15, 0.2) is 0 Å². The fourth-order valence-corrected chi connectivity index (χ4v) is 1.11. The van der Waals surface area contributed by atoms with E-state index in [1.807, 2.05) is 0 Å². The zero-order valence-electron chi connectivity index (χ0n) is 6.23. The quantitative estimate of drug-likeness (QED) is 0.543. The molecule has 0 fully saturated rings. The highest BCUT2D eigenvalue weighted by Gasteiger charge is 2.68. The van der Waals surface area contributed by atoms with E-state index in [1.165, 1.54) is 0 Å². The van der Waals surface area contributed by atoms with Crippen molar-refractivity contribution in [3.63, 3.8) is 0 Å². The Morgan fingerprint density at radius 2 is 1.54 bits per heavy atom. The first-order chi connectivity index (χ1) is 5.56. The van der Waals surface area contributed by atoms with Gasteiger partial charge in [-0.3, -0.25) is 4.18 Å². The second kappa shape index (κ2) is 3.37. The molecule has 0 aromatic carbocycles. The Bertz CT molecular complexity index is 266. The molecule has 0 saturated heterocycles. The molecule has 0 aromatic rings. The van der Waals surface area contributed by atoms with Crippen LogP contribution >= 0.6 is 0 Å². The van der Waals surface area contributed by atoms with Gasteiger partial charge in [-0.1, -0.05) is 0 Å². The zero-order valence-corrected chi connectivity index (χ0v) is 7.05. The molecular formula is C4H5F5O3S. The standard InChI is InChI=1S/C4H5F5O3S/c1-2-12-13(10,11)4(8,9)3(5,6)7/h2H2,1H3. The molecule has 0 aliphatic rings. The van der Waals surface area contributed by atoms with Crippen LogP contribution in [-0.4, -0.2) is 26.5 Å². The average molecular weight is 228 g/mol. The van der Waals surface area contributed by atoms with Gasteiger partial charge in [0.1, 0.15) is 0 Å². The highest BCUT2D eigenvalue weighted by molar-refractivity contribution is 7.87. The van der Waals surface area contributed by atoms with E-state index in [0.717, 1.165) is 6.92 Å². The van der Waals surface area contributed by atoms with Gasteiger partial charge in [0, 0.05) is 0 Å². The van der Waals surface area contributed by atoms with Crippen molar-refractivity contribution in [2.24, 2.45) is 0 Å². The molecule has 0 aromatic heterocycles. The Morgan fingerprint density at radius 3 is 1.77 bits per heavy atom. The summed E-state index contributed by atoms with van der Waals surface area (Å²) in [6.07, 6.45) is -6.17. The van der Waals surface area contributed by atoms with Gasteiger partial charge >= 0.3 is 21.5 Å². The summed E-state index contributed by atoms with van der Waals surface area (Å²) in [5.74, 6) is 0. The topological polar surface area (TPSA) is 43.4 Å². The van der Waals surface area contributed by atoms with E-state index in [-0.39, 0.29) is 0 Å². The molecule has 0 radical (unpaired) electrons. The molecular weight excluding hydrogens is 223 g/mol. The van der Waals surface area contributed by atoms with E-state index in [4.69, 9.17) is 0 Å². The monoisotopic (exact) mass is 228 g/mol. The van der Waals surface area contributed by atoms with Crippen LogP contribution in [0, 0.1) is 0 Å². The van der Waals surface area contributed by atoms with Crippen molar-refractivity contribution < 1.29 is 34.6 Å². The highest BCUT2D eigenvalue weighted by atomic mass is 32.2. The fourth-order valence-electron chi connectivity index (χ4n) is 0.371. The van der Waals surface area contributed by atoms with Crippen molar-refractivity contribution in [3.8, 4) is 0 Å². The second-order valence-corrected chi connectivity index (χ2v) is 3.53. The van der Waals surface area contributed by atoms with Crippen molar-refractivity contribution in [1.82, 2.24) is 0 Å². The minimum Gasteiger partial charge on any atom is -0.266 e. The van der Waals surface area contributed by atoms with Crippen molar-refractivity contribution in [1.29, 1.82) is 0 Å². The SMILES string of the molecule is CCOS(=O)(=O)C(F)(F)C(F)(F)F. The summed E-state index contributed by atoms with van der Waals surface area (Å²) in [4.78, 5) is 0. The van der Waals surface area contributed by atoms with Crippen molar-refractivity contribution >= 4 is 10.1 Å². The van der Waals surface area contributed by atoms with Crippen LogP contribution in [0.5, 0.6) is 0 Å². The maximum Gasteiger partial charge on any atom is 0.472 e. The number of hydrogen-bond donors (Lipinski definition) is 0. The molecule has 0 atom stereocenters. The average Bonchev–Trinajstić information content (AvgIpc) is 1.84. The molecule has 0 N–H and O–H groups in total. The van der Waals surface area contributed by atoms with Gasteiger partial charge in [-0.05, 0) is 6.92 Å². The first-order valence-corrected chi connectivity index (χ1v) is 4.30. The maximum absolute atomic E-state index is 12.1. The summed E-state index contributed by atoms with van der Waals surface area (Å²) in [6.45, 7) is 0.192. The lowest BCUT2D eigenvalue weighted by atomic mass is 10.7. The molecule has 0 spiro atoms. The van der Waals surface area contributed by atoms with Gasteiger partial charge in [-0.25, -0.2) is 0 Å². The third-order valence-corrected chi connectivity index (χ3v) is 2.32. The third kappa shape index (κ3) is 2.27. The van der Waals surface area contributed by atoms with E-state index in [9.17, 15) is 30.4 Å². The zero-order chi connectivity index (χ0) is 10.9. The first kappa shape index (κ1) is 12.6. The Balaban J connectivity index is 5.06. The van der Waals surface area contributed by atoms with Crippen LogP contribution in [0.25, 0.3) is 0 Å². The molecule has 0 aliphatic carbocycles. The van der Waals surface area contributed by atoms with Crippen LogP contribution < -0.4 is 0 Å². The van der Waals surface area contributed by atoms with Crippen LogP contribution in [0.1, 0.15) is 6.92 Å². The number of rotatable bonds is 3. The molecule has 0 amide bonds. The molecule has 0 bridgehead atoms. The van der Waals surface area contributed by atoms with Crippen LogP contribution in [0.4, 0.5) is 22.0 Å². The van der Waals surface area contributed by atoms with Crippen molar-refractivity contribution in [2.45, 2.75) is 18.4 Å². The molecule has 0 unspecified atom stereocenters. The van der Waals surface area contributed by atoms with Crippen LogP contribution in [0.15, 0.2) is 0 Å². The van der Waals surface area contributed by atoms with E-state index >= 15 is 0 Å². The van der Waals surface area contributed by atoms with Crippen molar-refractivity contribution in [2.75, 3.05) is 6.61 Å². The lowest BCUT2D eigenvalue weighted by molar-refractivity contribution is -0.244. The smallest absolute Gasteiger partial charge is 0.266 e. The minimum atomic E-state index is -6.17. The molecule has 80 valence electrons. The van der Waals surface area contributed by atoms with Crippen LogP contribution in [-0.2, 0) is 14.3 Å². The number of hydrogen-bond acceptors (Lipinski definition) is 3. The molecule has 0 rings (SSSR count). The molecule has 0 aliphatic heterocycles. The largest absolute Gasteiger partial charge is 0.472 e. The first-order valence-electron chi connectivity index (χ1n) is 2.89. The third-order valence-electron chi connectivity index (χ3n) is 0.917. The summed E-state index contributed by atoms with van der Waals surface area (Å²) in [5, 5.41) is -5.87. The Hall–Kier alpha value is -0.440. The van der Waals surface area contributed by atoms with Crippen LogP contribution in [0.3, 0.4) is 0 Å². The van der Waals surface area contributed by atoms with Gasteiger partial charge in [0.2, 0.25) is 0 Å². The van der Waals surface area contributed by atoms with E-state index in [1.54, 1.807) is 0 Å². The predicted octanol–water partition coefficient (Wildman–Crippen LogP) is 1.51. The summed E-state index contributed by atoms with van der Waals surface area (Å²) in [5.41, 5.74) is 0. The molecule has 0 saturated carbocycles. The fraction of sp³-hybridized carbons (Fsp3) is 1.00. The molecule has 3 nitrogen and oxygen atoms in total. The predicted molar refractivity (Wildman–Crippen MR) is 31.5 cm³/mol. The van der Waals surface area contributed by atoms with Crippen LogP contribution in [0.2, 0.25) is 0 Å². The van der Waals surface area contributed by atoms with Gasteiger partial charge in [0.25, 0.3) is 0 Å². The van der Waals surface area contributed by atoms with E-state index in [0.29, 0.717) is 0 Å².